The highest BCUT2D eigenvalue weighted by Crippen LogP contribution is 2.38. The fourth-order valence-corrected chi connectivity index (χ4v) is 4.37. The fourth-order valence-electron chi connectivity index (χ4n) is 3.60. The Morgan fingerprint density at radius 1 is 0.941 bits per heavy atom. The number of imidazole rings is 1. The molecule has 34 heavy (non-hydrogen) atoms. The molecule has 4 aromatic rings. The lowest BCUT2D eigenvalue weighted by atomic mass is 10.2. The summed E-state index contributed by atoms with van der Waals surface area (Å²) in [4.78, 5) is 18.6. The van der Waals surface area contributed by atoms with Gasteiger partial charge in [-0.1, -0.05) is 12.1 Å². The van der Waals surface area contributed by atoms with Gasteiger partial charge in [0.15, 0.2) is 27.0 Å². The van der Waals surface area contributed by atoms with Gasteiger partial charge in [-0.15, -0.1) is 0 Å². The summed E-state index contributed by atoms with van der Waals surface area (Å²) in [6.07, 6.45) is 1.16. The minimum atomic E-state index is -3.34. The highest BCUT2D eigenvalue weighted by molar-refractivity contribution is 7.89. The quantitative estimate of drug-likeness (QED) is 0.372. The van der Waals surface area contributed by atoms with Gasteiger partial charge < -0.3 is 14.2 Å². The van der Waals surface area contributed by atoms with Crippen molar-refractivity contribution in [2.24, 2.45) is 0 Å². The first-order valence-electron chi connectivity index (χ1n) is 10.5. The zero-order valence-electron chi connectivity index (χ0n) is 19.6. The maximum Gasteiger partial charge on any atom is 0.213 e. The van der Waals surface area contributed by atoms with E-state index in [0.29, 0.717) is 63.9 Å². The smallest absolute Gasteiger partial charge is 0.213 e. The predicted molar refractivity (Wildman–Crippen MR) is 127 cm³/mol. The van der Waals surface area contributed by atoms with Crippen molar-refractivity contribution in [2.45, 2.75) is 19.6 Å². The van der Waals surface area contributed by atoms with Crippen LogP contribution in [0, 0.1) is 6.92 Å². The second-order valence-electron chi connectivity index (χ2n) is 7.55. The van der Waals surface area contributed by atoms with Crippen LogP contribution in [-0.4, -0.2) is 60.0 Å². The largest absolute Gasteiger partial charge is 0.494 e. The van der Waals surface area contributed by atoms with E-state index in [-0.39, 0.29) is 5.75 Å². The molecule has 0 aliphatic rings. The number of fused-ring (bicyclic) bond motifs is 1. The summed E-state index contributed by atoms with van der Waals surface area (Å²) in [6, 6.07) is 10.8. The molecule has 4 rings (SSSR count). The summed E-state index contributed by atoms with van der Waals surface area (Å²) in [7, 11) is -0.236. The zero-order chi connectivity index (χ0) is 24.5. The molecule has 0 N–H and O–H groups in total. The Morgan fingerprint density at radius 3 is 2.24 bits per heavy atom. The molecule has 11 heteroatoms. The number of benzene rings is 1. The van der Waals surface area contributed by atoms with Gasteiger partial charge in [0.25, 0.3) is 0 Å². The van der Waals surface area contributed by atoms with Crippen LogP contribution in [0.5, 0.6) is 17.4 Å². The van der Waals surface area contributed by atoms with Gasteiger partial charge in [0.05, 0.1) is 38.0 Å². The van der Waals surface area contributed by atoms with E-state index in [9.17, 15) is 8.42 Å². The lowest BCUT2D eigenvalue weighted by molar-refractivity contribution is 0.327. The minimum Gasteiger partial charge on any atom is -0.494 e. The van der Waals surface area contributed by atoms with E-state index < -0.39 is 9.84 Å². The zero-order valence-corrected chi connectivity index (χ0v) is 20.4. The number of nitrogens with zero attached hydrogens (tertiary/aromatic N) is 5. The molecule has 3 aromatic heterocycles. The van der Waals surface area contributed by atoms with Crippen LogP contribution in [0.2, 0.25) is 0 Å². The summed E-state index contributed by atoms with van der Waals surface area (Å²) < 4.78 is 42.6. The molecule has 0 aliphatic heterocycles. The predicted octanol–water partition coefficient (Wildman–Crippen LogP) is 3.15. The van der Waals surface area contributed by atoms with Crippen LogP contribution < -0.4 is 14.2 Å². The molecule has 0 fully saturated rings. The summed E-state index contributed by atoms with van der Waals surface area (Å²) in [5.74, 6) is 1.64. The summed E-state index contributed by atoms with van der Waals surface area (Å²) in [5.41, 5.74) is 2.56. The molecule has 0 radical (unpaired) electrons. The van der Waals surface area contributed by atoms with Crippen molar-refractivity contribution in [3.8, 4) is 34.6 Å². The molecular formula is C23H25N5O5S. The first kappa shape index (κ1) is 23.4. The van der Waals surface area contributed by atoms with E-state index in [2.05, 4.69) is 15.0 Å². The summed E-state index contributed by atoms with van der Waals surface area (Å²) in [5, 5.41) is 0. The Hall–Kier alpha value is -3.73. The van der Waals surface area contributed by atoms with Crippen LogP contribution in [0.4, 0.5) is 0 Å². The number of hydrogen-bond donors (Lipinski definition) is 0. The summed E-state index contributed by atoms with van der Waals surface area (Å²) in [6.45, 7) is 4.05. The second kappa shape index (κ2) is 9.26. The molecular weight excluding hydrogens is 458 g/mol. The average Bonchev–Trinajstić information content (AvgIpc) is 3.15. The molecule has 0 unspecified atom stereocenters. The van der Waals surface area contributed by atoms with Crippen LogP contribution in [0.25, 0.3) is 28.5 Å². The van der Waals surface area contributed by atoms with E-state index in [0.717, 1.165) is 6.26 Å². The second-order valence-corrected chi connectivity index (χ2v) is 9.69. The maximum absolute atomic E-state index is 12.0. The molecule has 0 saturated carbocycles. The Kier molecular flexibility index (Phi) is 6.38. The Morgan fingerprint density at radius 2 is 1.62 bits per heavy atom. The SMILES string of the molecule is CCOc1cccc(-c2nc3nc(C)c(CS(C)(=O)=O)nc3n2-c2c(OC)cccc2OC)n1. The number of hydrogen-bond acceptors (Lipinski definition) is 9. The third-order valence-electron chi connectivity index (χ3n) is 5.04. The molecule has 0 spiro atoms. The number of pyridine rings is 1. The van der Waals surface area contributed by atoms with E-state index in [1.54, 1.807) is 56.0 Å². The number of methoxy groups -OCH3 is 2. The molecule has 178 valence electrons. The van der Waals surface area contributed by atoms with Gasteiger partial charge >= 0.3 is 0 Å². The van der Waals surface area contributed by atoms with Gasteiger partial charge in [-0.2, -0.15) is 0 Å². The molecule has 3 heterocycles. The molecule has 0 aliphatic carbocycles. The van der Waals surface area contributed by atoms with Crippen LogP contribution in [-0.2, 0) is 15.6 Å². The monoisotopic (exact) mass is 483 g/mol. The molecule has 0 saturated heterocycles. The van der Waals surface area contributed by atoms with E-state index in [1.165, 1.54) is 0 Å². The van der Waals surface area contributed by atoms with Crippen molar-refractivity contribution < 1.29 is 22.6 Å². The lowest BCUT2D eigenvalue weighted by Gasteiger charge is -2.16. The van der Waals surface area contributed by atoms with Gasteiger partial charge in [-0.25, -0.2) is 28.4 Å². The van der Waals surface area contributed by atoms with Crippen molar-refractivity contribution in [1.82, 2.24) is 24.5 Å². The molecule has 0 amide bonds. The van der Waals surface area contributed by atoms with Crippen molar-refractivity contribution in [1.29, 1.82) is 0 Å². The molecule has 10 nitrogen and oxygen atoms in total. The first-order valence-corrected chi connectivity index (χ1v) is 12.6. The average molecular weight is 484 g/mol. The Bertz CT molecular complexity index is 1440. The normalized spacial score (nSPS) is 11.6. The molecule has 0 bridgehead atoms. The standard InChI is InChI=1S/C23H25N5O5S/c1-6-33-19-12-7-9-15(25-19)22-27-21-23(26-16(14(2)24-21)13-34(5,29)30)28(22)20-17(31-3)10-8-11-18(20)32-4/h7-12H,6,13H2,1-5H3. The van der Waals surface area contributed by atoms with Crippen molar-refractivity contribution >= 4 is 21.1 Å². The third-order valence-corrected chi connectivity index (χ3v) is 5.83. The molecule has 1 aromatic carbocycles. The number of ether oxygens (including phenoxy) is 3. The number of para-hydroxylation sites is 1. The molecule has 0 atom stereocenters. The van der Waals surface area contributed by atoms with Gasteiger partial charge in [-0.3, -0.25) is 4.57 Å². The van der Waals surface area contributed by atoms with Gasteiger partial charge in [0, 0.05) is 12.3 Å². The minimum absolute atomic E-state index is 0.247. The van der Waals surface area contributed by atoms with E-state index in [4.69, 9.17) is 19.2 Å². The highest BCUT2D eigenvalue weighted by Gasteiger charge is 2.25. The van der Waals surface area contributed by atoms with Crippen LogP contribution in [0.15, 0.2) is 36.4 Å². The number of rotatable bonds is 8. The number of sulfone groups is 1. The van der Waals surface area contributed by atoms with Crippen LogP contribution in [0.1, 0.15) is 18.3 Å². The Balaban J connectivity index is 2.10. The number of aryl methyl sites for hydroxylation is 1. The van der Waals surface area contributed by atoms with Crippen LogP contribution in [0.3, 0.4) is 0 Å². The van der Waals surface area contributed by atoms with Crippen molar-refractivity contribution in [3.63, 3.8) is 0 Å². The lowest BCUT2D eigenvalue weighted by Crippen LogP contribution is -2.09. The van der Waals surface area contributed by atoms with Crippen molar-refractivity contribution in [3.05, 3.63) is 47.8 Å². The van der Waals surface area contributed by atoms with Gasteiger partial charge in [0.1, 0.15) is 22.9 Å². The maximum atomic E-state index is 12.0. The number of aromatic nitrogens is 5. The van der Waals surface area contributed by atoms with E-state index in [1.807, 2.05) is 13.0 Å². The topological polar surface area (TPSA) is 118 Å². The van der Waals surface area contributed by atoms with E-state index >= 15 is 0 Å². The Labute approximate surface area is 197 Å². The van der Waals surface area contributed by atoms with Gasteiger partial charge in [-0.05, 0) is 32.0 Å². The first-order chi connectivity index (χ1) is 16.3. The van der Waals surface area contributed by atoms with Gasteiger partial charge in [0.2, 0.25) is 5.88 Å². The van der Waals surface area contributed by atoms with Crippen molar-refractivity contribution in [2.75, 3.05) is 27.1 Å². The summed E-state index contributed by atoms with van der Waals surface area (Å²) >= 11 is 0. The highest BCUT2D eigenvalue weighted by atomic mass is 32.2. The fraction of sp³-hybridized carbons (Fsp3) is 0.304. The van der Waals surface area contributed by atoms with Crippen LogP contribution >= 0.6 is 0 Å². The third kappa shape index (κ3) is 4.51.